The zero-order valence-corrected chi connectivity index (χ0v) is 8.58. The minimum Gasteiger partial charge on any atom is -0.343 e. The maximum atomic E-state index is 4.99. The van der Waals surface area contributed by atoms with Crippen LogP contribution in [-0.4, -0.2) is 19.7 Å². The van der Waals surface area contributed by atoms with E-state index in [-0.39, 0.29) is 0 Å². The highest BCUT2D eigenvalue weighted by Crippen LogP contribution is 2.13. The molecule has 72 valence electrons. The van der Waals surface area contributed by atoms with E-state index in [0.29, 0.717) is 4.64 Å². The van der Waals surface area contributed by atoms with Gasteiger partial charge >= 0.3 is 0 Å². The molecular formula is C9H10N4S. The van der Waals surface area contributed by atoms with Crippen LogP contribution < -0.4 is 0 Å². The first kappa shape index (κ1) is 9.08. The van der Waals surface area contributed by atoms with Gasteiger partial charge in [-0.3, -0.25) is 9.67 Å². The molecule has 5 heteroatoms. The molecule has 2 aromatic heterocycles. The van der Waals surface area contributed by atoms with Gasteiger partial charge in [0.2, 0.25) is 0 Å². The number of nitrogens with one attached hydrogen (secondary N) is 1. The van der Waals surface area contributed by atoms with E-state index in [1.165, 1.54) is 0 Å². The Labute approximate surface area is 86.6 Å². The number of aromatic nitrogens is 4. The van der Waals surface area contributed by atoms with Crippen molar-refractivity contribution >= 4 is 12.2 Å². The minimum absolute atomic E-state index is 0.631. The Morgan fingerprint density at radius 1 is 1.43 bits per heavy atom. The standard InChI is InChI=1S/C9H10N4S/c1-2-13-6-7(3-11-13)8-4-10-5-9(14)12-8/h3-6H,2H2,1H3,(H,12,14). The van der Waals surface area contributed by atoms with Gasteiger partial charge in [0.25, 0.3) is 0 Å². The van der Waals surface area contributed by atoms with Crippen molar-refractivity contribution in [2.45, 2.75) is 13.5 Å². The lowest BCUT2D eigenvalue weighted by Crippen LogP contribution is -1.92. The topological polar surface area (TPSA) is 46.5 Å². The molecule has 0 unspecified atom stereocenters. The molecule has 0 bridgehead atoms. The molecule has 0 aliphatic heterocycles. The Kier molecular flexibility index (Phi) is 2.41. The van der Waals surface area contributed by atoms with E-state index in [0.717, 1.165) is 17.8 Å². The number of hydrogen-bond donors (Lipinski definition) is 1. The highest BCUT2D eigenvalue weighted by atomic mass is 32.1. The van der Waals surface area contributed by atoms with Gasteiger partial charge in [-0.05, 0) is 6.92 Å². The first-order chi connectivity index (χ1) is 6.79. The van der Waals surface area contributed by atoms with Crippen LogP contribution in [0.5, 0.6) is 0 Å². The average molecular weight is 206 g/mol. The smallest absolute Gasteiger partial charge is 0.122 e. The van der Waals surface area contributed by atoms with Crippen molar-refractivity contribution in [2.75, 3.05) is 0 Å². The molecule has 0 saturated carbocycles. The minimum atomic E-state index is 0.631. The summed E-state index contributed by atoms with van der Waals surface area (Å²) in [5.74, 6) is 0. The van der Waals surface area contributed by atoms with Gasteiger partial charge in [0.1, 0.15) is 4.64 Å². The number of hydrogen-bond acceptors (Lipinski definition) is 3. The monoisotopic (exact) mass is 206 g/mol. The van der Waals surface area contributed by atoms with Gasteiger partial charge in [-0.25, -0.2) is 0 Å². The molecule has 2 aromatic rings. The maximum absolute atomic E-state index is 4.99. The second-order valence-corrected chi connectivity index (χ2v) is 3.33. The second kappa shape index (κ2) is 3.71. The van der Waals surface area contributed by atoms with Crippen molar-refractivity contribution in [2.24, 2.45) is 0 Å². The Hall–Kier alpha value is -1.49. The maximum Gasteiger partial charge on any atom is 0.122 e. The fraction of sp³-hybridized carbons (Fsp3) is 0.222. The van der Waals surface area contributed by atoms with Gasteiger partial charge in [-0.1, -0.05) is 12.2 Å². The molecule has 0 aliphatic carbocycles. The van der Waals surface area contributed by atoms with Crippen molar-refractivity contribution in [3.8, 4) is 11.3 Å². The average Bonchev–Trinajstić information content (AvgIpc) is 2.66. The molecule has 1 N–H and O–H groups in total. The van der Waals surface area contributed by atoms with Crippen molar-refractivity contribution in [1.29, 1.82) is 0 Å². The van der Waals surface area contributed by atoms with Gasteiger partial charge < -0.3 is 4.98 Å². The van der Waals surface area contributed by atoms with Crippen LogP contribution in [0.4, 0.5) is 0 Å². The van der Waals surface area contributed by atoms with Crippen LogP contribution in [0.25, 0.3) is 11.3 Å². The molecule has 14 heavy (non-hydrogen) atoms. The largest absolute Gasteiger partial charge is 0.343 e. The Bertz CT molecular complexity index is 485. The first-order valence-corrected chi connectivity index (χ1v) is 4.77. The van der Waals surface area contributed by atoms with Crippen LogP contribution in [0, 0.1) is 4.64 Å². The summed E-state index contributed by atoms with van der Waals surface area (Å²) in [5.41, 5.74) is 1.91. The molecule has 0 amide bonds. The van der Waals surface area contributed by atoms with Crippen LogP contribution in [0.1, 0.15) is 6.92 Å². The predicted octanol–water partition coefficient (Wildman–Crippen LogP) is 2.02. The number of aromatic amines is 1. The molecule has 0 aromatic carbocycles. The molecule has 0 aliphatic rings. The number of nitrogens with zero attached hydrogens (tertiary/aromatic N) is 3. The number of aryl methyl sites for hydroxylation is 1. The van der Waals surface area contributed by atoms with Crippen LogP contribution in [0.2, 0.25) is 0 Å². The molecule has 2 heterocycles. The normalized spacial score (nSPS) is 10.4. The lowest BCUT2D eigenvalue weighted by atomic mass is 10.3. The zero-order valence-electron chi connectivity index (χ0n) is 7.77. The summed E-state index contributed by atoms with van der Waals surface area (Å²) in [4.78, 5) is 7.08. The van der Waals surface area contributed by atoms with Gasteiger partial charge in [0.05, 0.1) is 24.3 Å². The fourth-order valence-corrected chi connectivity index (χ4v) is 1.37. The molecule has 2 rings (SSSR count). The highest BCUT2D eigenvalue weighted by Gasteiger charge is 2.00. The van der Waals surface area contributed by atoms with Gasteiger partial charge in [0.15, 0.2) is 0 Å². The lowest BCUT2D eigenvalue weighted by Gasteiger charge is -1.95. The van der Waals surface area contributed by atoms with E-state index in [9.17, 15) is 0 Å². The molecule has 0 atom stereocenters. The summed E-state index contributed by atoms with van der Waals surface area (Å²) in [6, 6.07) is 0. The summed E-state index contributed by atoms with van der Waals surface area (Å²) >= 11 is 4.99. The van der Waals surface area contributed by atoms with E-state index in [1.807, 2.05) is 17.8 Å². The van der Waals surface area contributed by atoms with Crippen molar-refractivity contribution < 1.29 is 0 Å². The van der Waals surface area contributed by atoms with Crippen LogP contribution in [0.3, 0.4) is 0 Å². The van der Waals surface area contributed by atoms with E-state index in [4.69, 9.17) is 12.2 Å². The van der Waals surface area contributed by atoms with Crippen LogP contribution in [-0.2, 0) is 6.54 Å². The van der Waals surface area contributed by atoms with Crippen molar-refractivity contribution in [3.05, 3.63) is 29.4 Å². The second-order valence-electron chi connectivity index (χ2n) is 2.89. The molecule has 4 nitrogen and oxygen atoms in total. The molecule has 0 fully saturated rings. The van der Waals surface area contributed by atoms with E-state index >= 15 is 0 Å². The van der Waals surface area contributed by atoms with Crippen LogP contribution >= 0.6 is 12.2 Å². The summed E-state index contributed by atoms with van der Waals surface area (Å²) in [6.45, 7) is 2.91. The number of H-pyrrole nitrogens is 1. The lowest BCUT2D eigenvalue weighted by molar-refractivity contribution is 0.660. The summed E-state index contributed by atoms with van der Waals surface area (Å²) < 4.78 is 2.49. The van der Waals surface area contributed by atoms with Gasteiger partial charge in [-0.15, -0.1) is 0 Å². The Balaban J connectivity index is 2.44. The van der Waals surface area contributed by atoms with Crippen molar-refractivity contribution in [3.63, 3.8) is 0 Å². The van der Waals surface area contributed by atoms with Crippen molar-refractivity contribution in [1.82, 2.24) is 19.7 Å². The molecule has 0 saturated heterocycles. The molecular weight excluding hydrogens is 196 g/mol. The predicted molar refractivity (Wildman–Crippen MR) is 56.3 cm³/mol. The number of rotatable bonds is 2. The fourth-order valence-electron chi connectivity index (χ4n) is 1.20. The third kappa shape index (κ3) is 1.72. The van der Waals surface area contributed by atoms with E-state index < -0.39 is 0 Å². The first-order valence-electron chi connectivity index (χ1n) is 4.36. The quantitative estimate of drug-likeness (QED) is 0.765. The Morgan fingerprint density at radius 3 is 2.93 bits per heavy atom. The third-order valence-corrected chi connectivity index (χ3v) is 2.13. The SMILES string of the molecule is CCn1cc(-c2cncc(=S)[nH]2)cn1. The summed E-state index contributed by atoms with van der Waals surface area (Å²) in [5, 5.41) is 4.18. The van der Waals surface area contributed by atoms with Gasteiger partial charge in [0, 0.05) is 18.3 Å². The van der Waals surface area contributed by atoms with Crippen LogP contribution in [0.15, 0.2) is 24.8 Å². The van der Waals surface area contributed by atoms with Gasteiger partial charge in [-0.2, -0.15) is 5.10 Å². The Morgan fingerprint density at radius 2 is 2.29 bits per heavy atom. The summed E-state index contributed by atoms with van der Waals surface area (Å²) in [7, 11) is 0. The highest BCUT2D eigenvalue weighted by molar-refractivity contribution is 7.71. The summed E-state index contributed by atoms with van der Waals surface area (Å²) in [6.07, 6.45) is 7.12. The molecule has 0 radical (unpaired) electrons. The third-order valence-electron chi connectivity index (χ3n) is 1.92. The molecule has 0 spiro atoms. The zero-order chi connectivity index (χ0) is 9.97. The van der Waals surface area contributed by atoms with E-state index in [1.54, 1.807) is 18.6 Å². The van der Waals surface area contributed by atoms with E-state index in [2.05, 4.69) is 15.1 Å².